The number of fused-ring (bicyclic) bond motifs is 1. The van der Waals surface area contributed by atoms with Crippen LogP contribution < -0.4 is 0 Å². The van der Waals surface area contributed by atoms with Gasteiger partial charge >= 0.3 is 0 Å². The van der Waals surface area contributed by atoms with Crippen LogP contribution in [0.5, 0.6) is 0 Å². The minimum Gasteiger partial charge on any atom is -0.325 e. The summed E-state index contributed by atoms with van der Waals surface area (Å²) in [4.78, 5) is 15.0. The van der Waals surface area contributed by atoms with Gasteiger partial charge in [-0.3, -0.25) is 10.1 Å². The fourth-order valence-corrected chi connectivity index (χ4v) is 3.35. The van der Waals surface area contributed by atoms with Crippen molar-refractivity contribution in [3.63, 3.8) is 0 Å². The average Bonchev–Trinajstić information content (AvgIpc) is 2.57. The first-order chi connectivity index (χ1) is 11.1. The van der Waals surface area contributed by atoms with Gasteiger partial charge in [0, 0.05) is 35.5 Å². The van der Waals surface area contributed by atoms with Gasteiger partial charge in [-0.1, -0.05) is 18.3 Å². The molecule has 118 valence electrons. The number of allylic oxidation sites excluding steroid dienone is 1. The summed E-state index contributed by atoms with van der Waals surface area (Å²) >= 11 is 5.48. The smallest absolute Gasteiger partial charge is 0.269 e. The van der Waals surface area contributed by atoms with E-state index in [0.717, 1.165) is 37.1 Å². The van der Waals surface area contributed by atoms with Crippen LogP contribution in [-0.4, -0.2) is 14.5 Å². The van der Waals surface area contributed by atoms with Gasteiger partial charge in [-0.05, 0) is 37.8 Å². The maximum Gasteiger partial charge on any atom is 0.269 e. The molecule has 5 nitrogen and oxygen atoms in total. The molecule has 0 radical (unpaired) electrons. The van der Waals surface area contributed by atoms with Gasteiger partial charge in [-0.15, -0.1) is 6.58 Å². The lowest BCUT2D eigenvalue weighted by molar-refractivity contribution is -0.384. The van der Waals surface area contributed by atoms with Crippen LogP contribution in [0.15, 0.2) is 36.9 Å². The first kappa shape index (κ1) is 15.6. The number of nitro groups is 1. The first-order valence-electron chi connectivity index (χ1n) is 7.60. The second-order valence-electron chi connectivity index (χ2n) is 5.58. The van der Waals surface area contributed by atoms with Crippen molar-refractivity contribution in [2.24, 2.45) is 0 Å². The Morgan fingerprint density at radius 2 is 2.00 bits per heavy atom. The molecule has 1 aromatic carbocycles. The van der Waals surface area contributed by atoms with E-state index in [4.69, 9.17) is 12.2 Å². The quantitative estimate of drug-likeness (QED) is 0.364. The van der Waals surface area contributed by atoms with Crippen molar-refractivity contribution in [1.29, 1.82) is 0 Å². The Morgan fingerprint density at radius 1 is 1.30 bits per heavy atom. The number of nitro benzene ring substituents is 1. The Balaban J connectivity index is 2.18. The van der Waals surface area contributed by atoms with E-state index in [2.05, 4.69) is 16.1 Å². The summed E-state index contributed by atoms with van der Waals surface area (Å²) in [7, 11) is 0. The number of hydrogen-bond acceptors (Lipinski definition) is 4. The van der Waals surface area contributed by atoms with Crippen molar-refractivity contribution >= 4 is 17.9 Å². The van der Waals surface area contributed by atoms with Crippen molar-refractivity contribution in [1.82, 2.24) is 9.55 Å². The zero-order valence-corrected chi connectivity index (χ0v) is 13.5. The summed E-state index contributed by atoms with van der Waals surface area (Å²) in [6.45, 7) is 4.49. The zero-order valence-electron chi connectivity index (χ0n) is 12.7. The van der Waals surface area contributed by atoms with Gasteiger partial charge in [-0.25, -0.2) is 4.98 Å². The van der Waals surface area contributed by atoms with Crippen molar-refractivity contribution in [2.75, 3.05) is 0 Å². The Labute approximate surface area is 139 Å². The van der Waals surface area contributed by atoms with Gasteiger partial charge in [-0.2, -0.15) is 0 Å². The zero-order chi connectivity index (χ0) is 16.4. The minimum atomic E-state index is -0.402. The SMILES string of the molecule is C=CCn1c(-c2ccc([N+](=O)[O-])cc2)nc(=S)c2c1CCCC2. The van der Waals surface area contributed by atoms with Crippen LogP contribution in [-0.2, 0) is 19.4 Å². The van der Waals surface area contributed by atoms with E-state index in [1.54, 1.807) is 12.1 Å². The molecule has 23 heavy (non-hydrogen) atoms. The second kappa shape index (κ2) is 6.42. The number of benzene rings is 1. The molecule has 1 aliphatic carbocycles. The number of non-ortho nitro benzene ring substituents is 1. The van der Waals surface area contributed by atoms with Crippen LogP contribution >= 0.6 is 12.2 Å². The molecule has 1 heterocycles. The molecule has 0 bridgehead atoms. The van der Waals surface area contributed by atoms with Crippen molar-refractivity contribution in [3.05, 3.63) is 62.9 Å². The fraction of sp³-hybridized carbons (Fsp3) is 0.294. The van der Waals surface area contributed by atoms with Crippen molar-refractivity contribution in [2.45, 2.75) is 32.2 Å². The van der Waals surface area contributed by atoms with Gasteiger partial charge in [0.25, 0.3) is 5.69 Å². The van der Waals surface area contributed by atoms with Crippen LogP contribution in [0.25, 0.3) is 11.4 Å². The summed E-state index contributed by atoms with van der Waals surface area (Å²) in [5.74, 6) is 0.755. The number of nitrogens with zero attached hydrogens (tertiary/aromatic N) is 3. The molecule has 0 aliphatic heterocycles. The normalized spacial score (nSPS) is 13.4. The molecule has 6 heteroatoms. The maximum atomic E-state index is 10.8. The van der Waals surface area contributed by atoms with E-state index >= 15 is 0 Å². The van der Waals surface area contributed by atoms with Crippen LogP contribution in [0, 0.1) is 14.8 Å². The molecule has 2 aromatic rings. The van der Waals surface area contributed by atoms with Crippen molar-refractivity contribution < 1.29 is 4.92 Å². The topological polar surface area (TPSA) is 61.0 Å². The predicted octanol–water partition coefficient (Wildman–Crippen LogP) is 4.25. The molecule has 1 aliphatic rings. The van der Waals surface area contributed by atoms with Gasteiger partial charge in [0.05, 0.1) is 4.92 Å². The molecule has 0 fully saturated rings. The summed E-state index contributed by atoms with van der Waals surface area (Å²) < 4.78 is 2.78. The summed E-state index contributed by atoms with van der Waals surface area (Å²) in [6, 6.07) is 6.45. The lowest BCUT2D eigenvalue weighted by atomic mass is 9.96. The van der Waals surface area contributed by atoms with E-state index in [1.807, 2.05) is 6.08 Å². The first-order valence-corrected chi connectivity index (χ1v) is 8.01. The van der Waals surface area contributed by atoms with Gasteiger partial charge in [0.2, 0.25) is 0 Å². The van der Waals surface area contributed by atoms with Crippen LogP contribution in [0.3, 0.4) is 0 Å². The van der Waals surface area contributed by atoms with E-state index in [9.17, 15) is 10.1 Å². The lowest BCUT2D eigenvalue weighted by Gasteiger charge is -2.23. The Hall–Kier alpha value is -2.34. The third-order valence-electron chi connectivity index (χ3n) is 4.13. The second-order valence-corrected chi connectivity index (χ2v) is 5.96. The minimum absolute atomic E-state index is 0.0700. The molecule has 0 amide bonds. The highest BCUT2D eigenvalue weighted by molar-refractivity contribution is 7.71. The van der Waals surface area contributed by atoms with E-state index in [-0.39, 0.29) is 5.69 Å². The highest BCUT2D eigenvalue weighted by Gasteiger charge is 2.19. The van der Waals surface area contributed by atoms with Crippen LogP contribution in [0.1, 0.15) is 24.1 Å². The van der Waals surface area contributed by atoms with Gasteiger partial charge in [0.15, 0.2) is 0 Å². The van der Waals surface area contributed by atoms with Crippen molar-refractivity contribution in [3.8, 4) is 11.4 Å². The standard InChI is InChI=1S/C17H17N3O2S/c1-2-11-19-15-6-4-3-5-14(15)17(23)18-16(19)12-7-9-13(10-8-12)20(21)22/h2,7-10H,1,3-6,11H2. The predicted molar refractivity (Wildman–Crippen MR) is 92.0 cm³/mol. The highest BCUT2D eigenvalue weighted by atomic mass is 32.1. The number of aromatic nitrogens is 2. The molecule has 1 aromatic heterocycles. The Kier molecular flexibility index (Phi) is 4.34. The molecule has 3 rings (SSSR count). The lowest BCUT2D eigenvalue weighted by Crippen LogP contribution is -2.17. The van der Waals surface area contributed by atoms with E-state index in [0.29, 0.717) is 11.2 Å². The maximum absolute atomic E-state index is 10.8. The summed E-state index contributed by atoms with van der Waals surface area (Å²) in [6.07, 6.45) is 6.08. The van der Waals surface area contributed by atoms with Gasteiger partial charge < -0.3 is 4.57 Å². The summed E-state index contributed by atoms with van der Waals surface area (Å²) in [5.41, 5.74) is 3.29. The average molecular weight is 327 g/mol. The molecule has 0 N–H and O–H groups in total. The van der Waals surface area contributed by atoms with Crippen LogP contribution in [0.2, 0.25) is 0 Å². The number of hydrogen-bond donors (Lipinski definition) is 0. The largest absolute Gasteiger partial charge is 0.325 e. The van der Waals surface area contributed by atoms with E-state index in [1.165, 1.54) is 23.4 Å². The Bertz CT molecular complexity index is 825. The molecule has 0 atom stereocenters. The molecule has 0 unspecified atom stereocenters. The monoisotopic (exact) mass is 327 g/mol. The van der Waals surface area contributed by atoms with Gasteiger partial charge in [0.1, 0.15) is 10.5 Å². The Morgan fingerprint density at radius 3 is 2.65 bits per heavy atom. The molecule has 0 spiro atoms. The fourth-order valence-electron chi connectivity index (χ4n) is 3.05. The molecule has 0 saturated heterocycles. The summed E-state index contributed by atoms with van der Waals surface area (Å²) in [5, 5.41) is 10.8. The molecular weight excluding hydrogens is 310 g/mol. The van der Waals surface area contributed by atoms with E-state index < -0.39 is 4.92 Å². The number of rotatable bonds is 4. The third-order valence-corrected chi connectivity index (χ3v) is 4.47. The highest BCUT2D eigenvalue weighted by Crippen LogP contribution is 2.28. The van der Waals surface area contributed by atoms with Crippen LogP contribution in [0.4, 0.5) is 5.69 Å². The third kappa shape index (κ3) is 2.94. The molecule has 0 saturated carbocycles. The molecular formula is C17H17N3O2S.